The molecule has 0 aromatic heterocycles. The number of nitrogen functional groups attached to an aromatic ring is 1. The highest BCUT2D eigenvalue weighted by molar-refractivity contribution is 5.92. The molecule has 0 aliphatic carbocycles. The molecular weight excluding hydrogens is 250 g/mol. The van der Waals surface area contributed by atoms with Gasteiger partial charge in [0, 0.05) is 5.69 Å². The summed E-state index contributed by atoms with van der Waals surface area (Å²) in [6.45, 7) is 6.37. The average molecular weight is 277 g/mol. The number of methoxy groups -OCH3 is 1. The first-order chi connectivity index (χ1) is 9.56. The van der Waals surface area contributed by atoms with Gasteiger partial charge in [0.05, 0.1) is 12.7 Å². The number of hydrogen-bond donors (Lipinski definition) is 1. The highest BCUT2D eigenvalue weighted by Crippen LogP contribution is 2.34. The number of anilines is 1. The molecule has 112 valence electrons. The standard InChI is InChI=1S/C17H27NO2/c1-5-7-8-9-13(6-2)16-12(3)15(18)11-10-14(16)17(19)20-4/h10-11,13H,5-9,18H2,1-4H3. The van der Waals surface area contributed by atoms with Gasteiger partial charge in [-0.3, -0.25) is 0 Å². The lowest BCUT2D eigenvalue weighted by Crippen LogP contribution is -2.12. The zero-order valence-electron chi connectivity index (χ0n) is 13.2. The van der Waals surface area contributed by atoms with Gasteiger partial charge in [0.15, 0.2) is 0 Å². The second-order valence-corrected chi connectivity index (χ2v) is 5.33. The minimum Gasteiger partial charge on any atom is -0.465 e. The molecule has 1 aromatic rings. The molecular formula is C17H27NO2. The number of benzene rings is 1. The molecule has 0 radical (unpaired) electrons. The van der Waals surface area contributed by atoms with Gasteiger partial charge in [-0.15, -0.1) is 0 Å². The number of carbonyl (C=O) groups is 1. The molecule has 0 aliphatic heterocycles. The fourth-order valence-electron chi connectivity index (χ4n) is 2.75. The smallest absolute Gasteiger partial charge is 0.338 e. The van der Waals surface area contributed by atoms with Crippen LogP contribution in [0.15, 0.2) is 12.1 Å². The fourth-order valence-corrected chi connectivity index (χ4v) is 2.75. The van der Waals surface area contributed by atoms with E-state index in [0.717, 1.165) is 29.7 Å². The Kier molecular flexibility index (Phi) is 6.56. The van der Waals surface area contributed by atoms with Crippen LogP contribution in [0.1, 0.15) is 73.4 Å². The summed E-state index contributed by atoms with van der Waals surface area (Å²) >= 11 is 0. The summed E-state index contributed by atoms with van der Waals surface area (Å²) < 4.78 is 4.91. The Bertz CT molecular complexity index is 455. The molecule has 0 heterocycles. The van der Waals surface area contributed by atoms with Crippen molar-refractivity contribution >= 4 is 11.7 Å². The van der Waals surface area contributed by atoms with E-state index in [0.29, 0.717) is 11.5 Å². The number of carbonyl (C=O) groups excluding carboxylic acids is 1. The zero-order valence-corrected chi connectivity index (χ0v) is 13.2. The van der Waals surface area contributed by atoms with Crippen LogP contribution in [0.5, 0.6) is 0 Å². The number of nitrogens with two attached hydrogens (primary N) is 1. The predicted molar refractivity (Wildman–Crippen MR) is 84.1 cm³/mol. The van der Waals surface area contributed by atoms with Crippen LogP contribution >= 0.6 is 0 Å². The van der Waals surface area contributed by atoms with Crippen LogP contribution in [0, 0.1) is 6.92 Å². The molecule has 3 nitrogen and oxygen atoms in total. The summed E-state index contributed by atoms with van der Waals surface area (Å²) in [6, 6.07) is 3.59. The molecule has 0 amide bonds. The molecule has 1 aromatic carbocycles. The van der Waals surface area contributed by atoms with E-state index < -0.39 is 0 Å². The third kappa shape index (κ3) is 3.75. The van der Waals surface area contributed by atoms with Gasteiger partial charge in [0.2, 0.25) is 0 Å². The predicted octanol–water partition coefficient (Wildman–Crippen LogP) is 4.44. The Morgan fingerprint density at radius 1 is 1.30 bits per heavy atom. The van der Waals surface area contributed by atoms with Crippen LogP contribution in [0.25, 0.3) is 0 Å². The van der Waals surface area contributed by atoms with Gasteiger partial charge < -0.3 is 10.5 Å². The lowest BCUT2D eigenvalue weighted by atomic mass is 9.84. The maximum absolute atomic E-state index is 12.0. The molecule has 20 heavy (non-hydrogen) atoms. The lowest BCUT2D eigenvalue weighted by Gasteiger charge is -2.21. The Hall–Kier alpha value is -1.51. The third-order valence-corrected chi connectivity index (χ3v) is 4.02. The second kappa shape index (κ2) is 7.93. The van der Waals surface area contributed by atoms with Crippen molar-refractivity contribution in [1.29, 1.82) is 0 Å². The molecule has 0 spiro atoms. The number of unbranched alkanes of at least 4 members (excludes halogenated alkanes) is 2. The van der Waals surface area contributed by atoms with Crippen LogP contribution < -0.4 is 5.73 Å². The number of rotatable bonds is 7. The molecule has 1 rings (SSSR count). The highest BCUT2D eigenvalue weighted by Gasteiger charge is 2.21. The Balaban J connectivity index is 3.16. The van der Waals surface area contributed by atoms with Crippen molar-refractivity contribution in [2.75, 3.05) is 12.8 Å². The van der Waals surface area contributed by atoms with E-state index in [1.807, 2.05) is 6.92 Å². The monoisotopic (exact) mass is 277 g/mol. The summed E-state index contributed by atoms with van der Waals surface area (Å²) in [4.78, 5) is 12.0. The first-order valence-electron chi connectivity index (χ1n) is 7.54. The van der Waals surface area contributed by atoms with E-state index in [1.165, 1.54) is 26.4 Å². The Morgan fingerprint density at radius 3 is 2.55 bits per heavy atom. The van der Waals surface area contributed by atoms with Crippen molar-refractivity contribution in [3.8, 4) is 0 Å². The summed E-state index contributed by atoms with van der Waals surface area (Å²) in [5, 5.41) is 0. The van der Waals surface area contributed by atoms with Crippen LogP contribution in [0.2, 0.25) is 0 Å². The number of hydrogen-bond acceptors (Lipinski definition) is 3. The maximum atomic E-state index is 12.0. The summed E-state index contributed by atoms with van der Waals surface area (Å²) in [5.41, 5.74) is 9.55. The normalized spacial score (nSPS) is 12.2. The van der Waals surface area contributed by atoms with E-state index in [-0.39, 0.29) is 5.97 Å². The Morgan fingerprint density at radius 2 is 2.00 bits per heavy atom. The van der Waals surface area contributed by atoms with Gasteiger partial charge in [-0.1, -0.05) is 33.1 Å². The zero-order chi connectivity index (χ0) is 15.1. The van der Waals surface area contributed by atoms with Crippen LogP contribution in [-0.2, 0) is 4.74 Å². The molecule has 1 unspecified atom stereocenters. The molecule has 0 aliphatic rings. The summed E-state index contributed by atoms with van der Waals surface area (Å²) in [5.74, 6) is 0.108. The van der Waals surface area contributed by atoms with Crippen molar-refractivity contribution in [2.45, 2.75) is 58.8 Å². The van der Waals surface area contributed by atoms with E-state index in [4.69, 9.17) is 10.5 Å². The molecule has 1 atom stereocenters. The van der Waals surface area contributed by atoms with Crippen LogP contribution in [0.3, 0.4) is 0 Å². The molecule has 0 fully saturated rings. The molecule has 0 saturated carbocycles. The minimum atomic E-state index is -0.267. The van der Waals surface area contributed by atoms with E-state index >= 15 is 0 Å². The average Bonchev–Trinajstić information content (AvgIpc) is 2.46. The largest absolute Gasteiger partial charge is 0.465 e. The van der Waals surface area contributed by atoms with Gasteiger partial charge >= 0.3 is 5.97 Å². The SMILES string of the molecule is CCCCCC(CC)c1c(C(=O)OC)ccc(N)c1C. The van der Waals surface area contributed by atoms with Crippen LogP contribution in [-0.4, -0.2) is 13.1 Å². The van der Waals surface area contributed by atoms with Gasteiger partial charge in [-0.25, -0.2) is 4.79 Å². The van der Waals surface area contributed by atoms with E-state index in [2.05, 4.69) is 13.8 Å². The first kappa shape index (κ1) is 16.5. The molecule has 3 heteroatoms. The fraction of sp³-hybridized carbons (Fsp3) is 0.588. The van der Waals surface area contributed by atoms with Gasteiger partial charge in [0.25, 0.3) is 0 Å². The summed E-state index contributed by atoms with van der Waals surface area (Å²) in [6.07, 6.45) is 5.72. The van der Waals surface area contributed by atoms with Crippen LogP contribution in [0.4, 0.5) is 5.69 Å². The second-order valence-electron chi connectivity index (χ2n) is 5.33. The van der Waals surface area contributed by atoms with Crippen molar-refractivity contribution in [3.05, 3.63) is 28.8 Å². The number of esters is 1. The van der Waals surface area contributed by atoms with Crippen molar-refractivity contribution in [2.24, 2.45) is 0 Å². The molecule has 0 bridgehead atoms. The van der Waals surface area contributed by atoms with Gasteiger partial charge in [-0.05, 0) is 48.9 Å². The van der Waals surface area contributed by atoms with Crippen molar-refractivity contribution in [1.82, 2.24) is 0 Å². The molecule has 2 N–H and O–H groups in total. The summed E-state index contributed by atoms with van der Waals surface area (Å²) in [7, 11) is 1.43. The molecule has 0 saturated heterocycles. The third-order valence-electron chi connectivity index (χ3n) is 4.02. The minimum absolute atomic E-state index is 0.267. The maximum Gasteiger partial charge on any atom is 0.338 e. The van der Waals surface area contributed by atoms with Gasteiger partial charge in [0.1, 0.15) is 0 Å². The van der Waals surface area contributed by atoms with Crippen molar-refractivity contribution in [3.63, 3.8) is 0 Å². The van der Waals surface area contributed by atoms with Crippen molar-refractivity contribution < 1.29 is 9.53 Å². The van der Waals surface area contributed by atoms with Gasteiger partial charge in [-0.2, -0.15) is 0 Å². The lowest BCUT2D eigenvalue weighted by molar-refractivity contribution is 0.0598. The van der Waals surface area contributed by atoms with E-state index in [1.54, 1.807) is 12.1 Å². The Labute approximate surface area is 122 Å². The topological polar surface area (TPSA) is 52.3 Å². The first-order valence-corrected chi connectivity index (χ1v) is 7.54. The van der Waals surface area contributed by atoms with E-state index in [9.17, 15) is 4.79 Å². The number of ether oxygens (including phenoxy) is 1. The highest BCUT2D eigenvalue weighted by atomic mass is 16.5. The quantitative estimate of drug-likeness (QED) is 0.455.